The van der Waals surface area contributed by atoms with Gasteiger partial charge < -0.3 is 15.0 Å². The van der Waals surface area contributed by atoms with Crippen LogP contribution in [0.3, 0.4) is 0 Å². The van der Waals surface area contributed by atoms with Crippen molar-refractivity contribution < 1.29 is 4.74 Å². The Labute approximate surface area is 129 Å². The van der Waals surface area contributed by atoms with Crippen molar-refractivity contribution in [3.05, 3.63) is 29.3 Å². The van der Waals surface area contributed by atoms with Crippen molar-refractivity contribution >= 4 is 5.69 Å². The van der Waals surface area contributed by atoms with Gasteiger partial charge in [0.2, 0.25) is 0 Å². The predicted molar refractivity (Wildman–Crippen MR) is 90.0 cm³/mol. The summed E-state index contributed by atoms with van der Waals surface area (Å²) >= 11 is 0. The molecule has 0 aromatic heterocycles. The van der Waals surface area contributed by atoms with Crippen LogP contribution in [0, 0.1) is 12.8 Å². The third-order valence-corrected chi connectivity index (χ3v) is 4.15. The first-order chi connectivity index (χ1) is 10.1. The van der Waals surface area contributed by atoms with E-state index in [1.54, 1.807) is 0 Å². The van der Waals surface area contributed by atoms with Crippen LogP contribution in [0.15, 0.2) is 18.2 Å². The molecular formula is C18H30N2O. The third-order valence-electron chi connectivity index (χ3n) is 4.15. The summed E-state index contributed by atoms with van der Waals surface area (Å²) in [6.45, 7) is 13.7. The van der Waals surface area contributed by atoms with Gasteiger partial charge in [-0.3, -0.25) is 0 Å². The maximum atomic E-state index is 5.61. The van der Waals surface area contributed by atoms with E-state index in [0.29, 0.717) is 12.0 Å². The van der Waals surface area contributed by atoms with E-state index in [0.717, 1.165) is 39.3 Å². The average molecular weight is 290 g/mol. The molecule has 1 heterocycles. The Bertz CT molecular complexity index is 445. The quantitative estimate of drug-likeness (QED) is 0.869. The summed E-state index contributed by atoms with van der Waals surface area (Å²) in [5, 5.41) is 3.51. The largest absolute Gasteiger partial charge is 0.377 e. The van der Waals surface area contributed by atoms with Crippen LogP contribution in [0.1, 0.15) is 38.3 Å². The molecule has 3 heteroatoms. The number of morpholine rings is 1. The SMILES string of the molecule is CCC1COCCN1c1ccc(CNCC(C)C)cc1C. The Kier molecular flexibility index (Phi) is 6.07. The fraction of sp³-hybridized carbons (Fsp3) is 0.667. The number of benzene rings is 1. The van der Waals surface area contributed by atoms with Gasteiger partial charge in [0.05, 0.1) is 19.3 Å². The van der Waals surface area contributed by atoms with Gasteiger partial charge in [0.15, 0.2) is 0 Å². The van der Waals surface area contributed by atoms with Gasteiger partial charge in [-0.1, -0.05) is 32.9 Å². The molecule has 1 atom stereocenters. The maximum Gasteiger partial charge on any atom is 0.0670 e. The molecule has 0 saturated carbocycles. The van der Waals surface area contributed by atoms with Gasteiger partial charge in [0.25, 0.3) is 0 Å². The highest BCUT2D eigenvalue weighted by Crippen LogP contribution is 2.26. The minimum Gasteiger partial charge on any atom is -0.377 e. The summed E-state index contributed by atoms with van der Waals surface area (Å²) in [5.74, 6) is 0.698. The zero-order chi connectivity index (χ0) is 15.2. The fourth-order valence-electron chi connectivity index (χ4n) is 2.97. The highest BCUT2D eigenvalue weighted by molar-refractivity contribution is 5.55. The number of aryl methyl sites for hydroxylation is 1. The van der Waals surface area contributed by atoms with Crippen LogP contribution < -0.4 is 10.2 Å². The first-order valence-corrected chi connectivity index (χ1v) is 8.26. The van der Waals surface area contributed by atoms with E-state index in [2.05, 4.69) is 56.1 Å². The van der Waals surface area contributed by atoms with Gasteiger partial charge in [-0.05, 0) is 43.0 Å². The third kappa shape index (κ3) is 4.45. The minimum absolute atomic E-state index is 0.516. The van der Waals surface area contributed by atoms with Crippen molar-refractivity contribution in [2.75, 3.05) is 31.2 Å². The lowest BCUT2D eigenvalue weighted by molar-refractivity contribution is 0.0929. The van der Waals surface area contributed by atoms with Gasteiger partial charge in [-0.25, -0.2) is 0 Å². The highest BCUT2D eigenvalue weighted by Gasteiger charge is 2.22. The van der Waals surface area contributed by atoms with Crippen molar-refractivity contribution in [1.29, 1.82) is 0 Å². The molecule has 1 saturated heterocycles. The van der Waals surface area contributed by atoms with E-state index in [1.165, 1.54) is 16.8 Å². The molecule has 1 aromatic rings. The molecule has 21 heavy (non-hydrogen) atoms. The van der Waals surface area contributed by atoms with E-state index in [-0.39, 0.29) is 0 Å². The number of rotatable bonds is 6. The number of nitrogens with zero attached hydrogens (tertiary/aromatic N) is 1. The van der Waals surface area contributed by atoms with Gasteiger partial charge in [0.1, 0.15) is 0 Å². The summed E-state index contributed by atoms with van der Waals surface area (Å²) in [4.78, 5) is 2.52. The second-order valence-corrected chi connectivity index (χ2v) is 6.48. The van der Waals surface area contributed by atoms with Gasteiger partial charge in [-0.15, -0.1) is 0 Å². The molecule has 118 valence electrons. The van der Waals surface area contributed by atoms with Crippen LogP contribution in [0.2, 0.25) is 0 Å². The molecule has 1 fully saturated rings. The average Bonchev–Trinajstić information content (AvgIpc) is 2.47. The number of ether oxygens (including phenoxy) is 1. The summed E-state index contributed by atoms with van der Waals surface area (Å²) < 4.78 is 5.61. The summed E-state index contributed by atoms with van der Waals surface area (Å²) in [6.07, 6.45) is 1.14. The molecule has 0 spiro atoms. The van der Waals surface area contributed by atoms with E-state index in [4.69, 9.17) is 4.74 Å². The first kappa shape index (κ1) is 16.3. The monoisotopic (exact) mass is 290 g/mol. The van der Waals surface area contributed by atoms with Gasteiger partial charge >= 0.3 is 0 Å². The molecule has 0 bridgehead atoms. The molecule has 0 radical (unpaired) electrons. The Morgan fingerprint density at radius 1 is 1.38 bits per heavy atom. The second kappa shape index (κ2) is 7.81. The topological polar surface area (TPSA) is 24.5 Å². The molecule has 1 N–H and O–H groups in total. The molecule has 0 amide bonds. The second-order valence-electron chi connectivity index (χ2n) is 6.48. The zero-order valence-corrected chi connectivity index (χ0v) is 14.0. The smallest absolute Gasteiger partial charge is 0.0670 e. The molecule has 1 aliphatic rings. The Hall–Kier alpha value is -1.06. The Morgan fingerprint density at radius 3 is 2.86 bits per heavy atom. The Balaban J connectivity index is 2.04. The molecule has 2 rings (SSSR count). The van der Waals surface area contributed by atoms with Crippen molar-refractivity contribution in [1.82, 2.24) is 5.32 Å². The fourth-order valence-corrected chi connectivity index (χ4v) is 2.97. The van der Waals surface area contributed by atoms with E-state index in [1.807, 2.05) is 0 Å². The van der Waals surface area contributed by atoms with Crippen LogP contribution in [0.25, 0.3) is 0 Å². The molecule has 0 aliphatic carbocycles. The lowest BCUT2D eigenvalue weighted by atomic mass is 10.1. The van der Waals surface area contributed by atoms with Crippen molar-refractivity contribution in [2.24, 2.45) is 5.92 Å². The van der Waals surface area contributed by atoms with Crippen LogP contribution in [0.5, 0.6) is 0 Å². The van der Waals surface area contributed by atoms with Crippen LogP contribution >= 0.6 is 0 Å². The lowest BCUT2D eigenvalue weighted by Crippen LogP contribution is -2.45. The number of nitrogens with one attached hydrogen (secondary N) is 1. The lowest BCUT2D eigenvalue weighted by Gasteiger charge is -2.38. The number of hydrogen-bond acceptors (Lipinski definition) is 3. The highest BCUT2D eigenvalue weighted by atomic mass is 16.5. The van der Waals surface area contributed by atoms with Crippen LogP contribution in [-0.4, -0.2) is 32.3 Å². The standard InChI is InChI=1S/C18H30N2O/c1-5-17-13-21-9-8-20(17)18-7-6-16(10-15(18)4)12-19-11-14(2)3/h6-7,10,14,17,19H,5,8-9,11-13H2,1-4H3. The number of hydrogen-bond donors (Lipinski definition) is 1. The molecule has 3 nitrogen and oxygen atoms in total. The molecular weight excluding hydrogens is 260 g/mol. The van der Waals surface area contributed by atoms with Crippen molar-refractivity contribution in [3.8, 4) is 0 Å². The zero-order valence-electron chi connectivity index (χ0n) is 14.0. The van der Waals surface area contributed by atoms with E-state index < -0.39 is 0 Å². The van der Waals surface area contributed by atoms with Crippen molar-refractivity contribution in [2.45, 2.75) is 46.7 Å². The van der Waals surface area contributed by atoms with Gasteiger partial charge in [0, 0.05) is 18.8 Å². The Morgan fingerprint density at radius 2 is 2.19 bits per heavy atom. The number of anilines is 1. The maximum absolute atomic E-state index is 5.61. The first-order valence-electron chi connectivity index (χ1n) is 8.26. The van der Waals surface area contributed by atoms with Crippen LogP contribution in [-0.2, 0) is 11.3 Å². The summed E-state index contributed by atoms with van der Waals surface area (Å²) in [5.41, 5.74) is 4.12. The summed E-state index contributed by atoms with van der Waals surface area (Å²) in [7, 11) is 0. The molecule has 1 unspecified atom stereocenters. The van der Waals surface area contributed by atoms with Crippen LogP contribution in [0.4, 0.5) is 5.69 Å². The molecule has 1 aromatic carbocycles. The predicted octanol–water partition coefficient (Wildman–Crippen LogP) is 3.36. The molecule has 1 aliphatic heterocycles. The van der Waals surface area contributed by atoms with E-state index in [9.17, 15) is 0 Å². The normalized spacial score (nSPS) is 19.3. The van der Waals surface area contributed by atoms with E-state index >= 15 is 0 Å². The van der Waals surface area contributed by atoms with Gasteiger partial charge in [-0.2, -0.15) is 0 Å². The minimum atomic E-state index is 0.516. The van der Waals surface area contributed by atoms with Crippen molar-refractivity contribution in [3.63, 3.8) is 0 Å². The summed E-state index contributed by atoms with van der Waals surface area (Å²) in [6, 6.07) is 7.39.